The Morgan fingerprint density at radius 3 is 2.44 bits per heavy atom. The molecule has 1 N–H and O–H groups in total. The second-order valence-electron chi connectivity index (χ2n) is 7.03. The number of urea groups is 1. The summed E-state index contributed by atoms with van der Waals surface area (Å²) in [7, 11) is 1.64. The van der Waals surface area contributed by atoms with Crippen LogP contribution >= 0.6 is 0 Å². The van der Waals surface area contributed by atoms with Gasteiger partial charge in [-0.05, 0) is 49.7 Å². The maximum absolute atomic E-state index is 12.7. The Morgan fingerprint density at radius 2 is 1.72 bits per heavy atom. The molecule has 7 heteroatoms. The second-order valence-corrected chi connectivity index (χ2v) is 7.03. The highest BCUT2D eigenvalue weighted by Crippen LogP contribution is 2.38. The summed E-state index contributed by atoms with van der Waals surface area (Å²) in [6.45, 7) is 4.21. The van der Waals surface area contributed by atoms with Gasteiger partial charge >= 0.3 is 12.0 Å². The lowest BCUT2D eigenvalue weighted by molar-refractivity contribution is -0.134. The number of carbonyl (C=O) groups is 2. The minimum Gasteiger partial charge on any atom is -0.490 e. The molecule has 0 saturated heterocycles. The fourth-order valence-electron chi connectivity index (χ4n) is 3.05. The molecule has 3 rings (SSSR count). The molecule has 7 nitrogen and oxygen atoms in total. The van der Waals surface area contributed by atoms with E-state index in [2.05, 4.69) is 10.3 Å². The molecule has 0 saturated carbocycles. The van der Waals surface area contributed by atoms with Crippen LogP contribution in [-0.2, 0) is 4.79 Å². The van der Waals surface area contributed by atoms with Crippen LogP contribution in [0.4, 0.5) is 16.3 Å². The van der Waals surface area contributed by atoms with Crippen molar-refractivity contribution in [1.82, 2.24) is 4.98 Å². The van der Waals surface area contributed by atoms with Gasteiger partial charge in [0, 0.05) is 24.7 Å². The zero-order valence-electron chi connectivity index (χ0n) is 18.5. The molecule has 2 aromatic carbocycles. The molecule has 0 atom stereocenters. The Kier molecular flexibility index (Phi) is 7.80. The van der Waals surface area contributed by atoms with Gasteiger partial charge in [0.15, 0.2) is 11.5 Å². The molecule has 0 aliphatic rings. The van der Waals surface area contributed by atoms with Crippen molar-refractivity contribution in [3.8, 4) is 22.8 Å². The molecule has 1 heterocycles. The van der Waals surface area contributed by atoms with Crippen LogP contribution < -0.4 is 19.7 Å². The minimum atomic E-state index is -0.337. The van der Waals surface area contributed by atoms with Gasteiger partial charge in [-0.3, -0.25) is 9.69 Å². The van der Waals surface area contributed by atoms with Crippen molar-refractivity contribution in [2.75, 3.05) is 23.9 Å². The number of esters is 1. The van der Waals surface area contributed by atoms with Crippen molar-refractivity contribution in [2.45, 2.75) is 26.7 Å². The summed E-state index contributed by atoms with van der Waals surface area (Å²) >= 11 is 0. The van der Waals surface area contributed by atoms with Crippen molar-refractivity contribution in [2.24, 2.45) is 0 Å². The second kappa shape index (κ2) is 10.9. The predicted molar refractivity (Wildman–Crippen MR) is 125 cm³/mol. The normalized spacial score (nSPS) is 10.3. The van der Waals surface area contributed by atoms with Gasteiger partial charge in [-0.1, -0.05) is 37.3 Å². The van der Waals surface area contributed by atoms with Crippen molar-refractivity contribution in [3.63, 3.8) is 0 Å². The van der Waals surface area contributed by atoms with E-state index in [1.54, 1.807) is 31.3 Å². The maximum atomic E-state index is 12.7. The van der Waals surface area contributed by atoms with Crippen LogP contribution in [0.25, 0.3) is 11.3 Å². The number of nitrogens with zero attached hydrogens (tertiary/aromatic N) is 2. The fourth-order valence-corrected chi connectivity index (χ4v) is 3.05. The van der Waals surface area contributed by atoms with E-state index in [9.17, 15) is 9.59 Å². The van der Waals surface area contributed by atoms with Gasteiger partial charge in [-0.25, -0.2) is 9.78 Å². The SMILES string of the molecule is CCCC(=O)Oc1c(OCC)cccc1-c1cccc(N(C)C(=O)Nc2ccccc2)n1. The number of pyridine rings is 1. The van der Waals surface area contributed by atoms with E-state index in [1.807, 2.05) is 56.3 Å². The molecule has 0 unspecified atom stereocenters. The van der Waals surface area contributed by atoms with Crippen molar-refractivity contribution in [1.29, 1.82) is 0 Å². The lowest BCUT2D eigenvalue weighted by Crippen LogP contribution is -2.31. The van der Waals surface area contributed by atoms with Gasteiger partial charge < -0.3 is 14.8 Å². The summed E-state index contributed by atoms with van der Waals surface area (Å²) in [5, 5.41) is 2.83. The zero-order valence-corrected chi connectivity index (χ0v) is 18.5. The van der Waals surface area contributed by atoms with E-state index in [1.165, 1.54) is 4.90 Å². The molecule has 0 aliphatic heterocycles. The first-order chi connectivity index (χ1) is 15.5. The third-order valence-electron chi connectivity index (χ3n) is 4.63. The monoisotopic (exact) mass is 433 g/mol. The summed E-state index contributed by atoms with van der Waals surface area (Å²) < 4.78 is 11.3. The van der Waals surface area contributed by atoms with E-state index in [4.69, 9.17) is 9.47 Å². The molecule has 0 bridgehead atoms. The third-order valence-corrected chi connectivity index (χ3v) is 4.63. The lowest BCUT2D eigenvalue weighted by Gasteiger charge is -2.19. The summed E-state index contributed by atoms with van der Waals surface area (Å²) in [5.41, 5.74) is 1.86. The summed E-state index contributed by atoms with van der Waals surface area (Å²) in [6, 6.07) is 19.6. The summed E-state index contributed by atoms with van der Waals surface area (Å²) in [5.74, 6) is 0.908. The first kappa shape index (κ1) is 22.8. The van der Waals surface area contributed by atoms with E-state index >= 15 is 0 Å². The van der Waals surface area contributed by atoms with Crippen LogP contribution in [0.15, 0.2) is 66.7 Å². The van der Waals surface area contributed by atoms with E-state index in [-0.39, 0.29) is 12.0 Å². The number of anilines is 2. The van der Waals surface area contributed by atoms with Crippen molar-refractivity contribution < 1.29 is 19.1 Å². The van der Waals surface area contributed by atoms with Gasteiger partial charge in [0.1, 0.15) is 5.82 Å². The lowest BCUT2D eigenvalue weighted by atomic mass is 10.1. The molecule has 3 aromatic rings. The number of benzene rings is 2. The summed E-state index contributed by atoms with van der Waals surface area (Å²) in [6.07, 6.45) is 0.982. The molecule has 166 valence electrons. The van der Waals surface area contributed by atoms with E-state index < -0.39 is 0 Å². The molecule has 0 radical (unpaired) electrons. The predicted octanol–water partition coefficient (Wildman–Crippen LogP) is 5.52. The standard InChI is InChI=1S/C25H27N3O4/c1-4-11-23(29)32-24-19(14-9-16-21(24)31-5-2)20-15-10-17-22(27-20)28(3)25(30)26-18-12-7-6-8-13-18/h6-10,12-17H,4-5,11H2,1-3H3,(H,26,30). The van der Waals surface area contributed by atoms with Crippen LogP contribution in [0.5, 0.6) is 11.5 Å². The number of para-hydroxylation sites is 2. The molecule has 2 amide bonds. The number of hydrogen-bond acceptors (Lipinski definition) is 5. The largest absolute Gasteiger partial charge is 0.490 e. The maximum Gasteiger partial charge on any atom is 0.327 e. The number of hydrogen-bond donors (Lipinski definition) is 1. The number of ether oxygens (including phenoxy) is 2. The zero-order chi connectivity index (χ0) is 22.9. The molecular weight excluding hydrogens is 406 g/mol. The third kappa shape index (κ3) is 5.63. The average molecular weight is 434 g/mol. The van der Waals surface area contributed by atoms with Crippen LogP contribution in [0, 0.1) is 0 Å². The Bertz CT molecular complexity index is 1070. The quantitative estimate of drug-likeness (QED) is 0.374. The number of aromatic nitrogens is 1. The van der Waals surface area contributed by atoms with Crippen molar-refractivity contribution >= 4 is 23.5 Å². The molecule has 0 fully saturated rings. The number of amides is 2. The van der Waals surface area contributed by atoms with Crippen molar-refractivity contribution in [3.05, 3.63) is 66.7 Å². The fraction of sp³-hybridized carbons (Fsp3) is 0.240. The first-order valence-corrected chi connectivity index (χ1v) is 10.6. The van der Waals surface area contributed by atoms with Gasteiger partial charge in [-0.15, -0.1) is 0 Å². The van der Waals surface area contributed by atoms with Gasteiger partial charge in [0.05, 0.1) is 12.3 Å². The Labute approximate surface area is 188 Å². The van der Waals surface area contributed by atoms with Crippen LogP contribution in [0.1, 0.15) is 26.7 Å². The highest BCUT2D eigenvalue weighted by atomic mass is 16.6. The highest BCUT2D eigenvalue weighted by molar-refractivity contribution is 6.00. The van der Waals surface area contributed by atoms with Crippen LogP contribution in [0.2, 0.25) is 0 Å². The molecular formula is C25H27N3O4. The Hall–Kier alpha value is -3.87. The molecule has 0 aliphatic carbocycles. The first-order valence-electron chi connectivity index (χ1n) is 10.6. The molecule has 0 spiro atoms. The smallest absolute Gasteiger partial charge is 0.327 e. The number of carbonyl (C=O) groups excluding carboxylic acids is 2. The molecule has 32 heavy (non-hydrogen) atoms. The summed E-state index contributed by atoms with van der Waals surface area (Å²) in [4.78, 5) is 31.0. The van der Waals surface area contributed by atoms with Crippen LogP contribution in [0.3, 0.4) is 0 Å². The van der Waals surface area contributed by atoms with Crippen LogP contribution in [-0.4, -0.2) is 30.6 Å². The number of rotatable bonds is 8. The number of nitrogens with one attached hydrogen (secondary N) is 1. The minimum absolute atomic E-state index is 0.301. The average Bonchev–Trinajstić information content (AvgIpc) is 2.80. The van der Waals surface area contributed by atoms with Gasteiger partial charge in [0.2, 0.25) is 0 Å². The Morgan fingerprint density at radius 1 is 0.969 bits per heavy atom. The topological polar surface area (TPSA) is 80.8 Å². The molecule has 1 aromatic heterocycles. The Balaban J connectivity index is 1.92. The van der Waals surface area contributed by atoms with Gasteiger partial charge in [0.25, 0.3) is 0 Å². The van der Waals surface area contributed by atoms with Gasteiger partial charge in [-0.2, -0.15) is 0 Å². The van der Waals surface area contributed by atoms with E-state index in [0.29, 0.717) is 53.7 Å². The highest BCUT2D eigenvalue weighted by Gasteiger charge is 2.19. The van der Waals surface area contributed by atoms with E-state index in [0.717, 1.165) is 0 Å².